The largest absolute Gasteiger partial charge is 0.354 e. The maximum atomic E-state index is 13.2. The van der Waals surface area contributed by atoms with Crippen molar-refractivity contribution >= 4 is 27.3 Å². The zero-order valence-corrected chi connectivity index (χ0v) is 10.3. The highest BCUT2D eigenvalue weighted by Crippen LogP contribution is 2.26. The molecule has 0 heterocycles. The second-order valence-electron chi connectivity index (χ2n) is 3.45. The van der Waals surface area contributed by atoms with Crippen LogP contribution in [0, 0.1) is 17.1 Å². The predicted octanol–water partition coefficient (Wildman–Crippen LogP) is 4.20. The number of para-hydroxylation sites is 1. The van der Waals surface area contributed by atoms with Gasteiger partial charge in [0.1, 0.15) is 5.82 Å². The molecule has 0 unspecified atom stereocenters. The molecule has 0 amide bonds. The summed E-state index contributed by atoms with van der Waals surface area (Å²) in [6, 6.07) is 13.6. The van der Waals surface area contributed by atoms with Crippen LogP contribution in [-0.2, 0) is 0 Å². The first-order chi connectivity index (χ1) is 8.19. The van der Waals surface area contributed by atoms with Crippen molar-refractivity contribution in [3.05, 3.63) is 58.3 Å². The highest BCUT2D eigenvalue weighted by Gasteiger charge is 2.02. The number of nitriles is 1. The molecular weight excluding hydrogens is 283 g/mol. The van der Waals surface area contributed by atoms with E-state index in [0.717, 1.165) is 10.2 Å². The summed E-state index contributed by atoms with van der Waals surface area (Å²) in [7, 11) is 0. The number of benzene rings is 2. The van der Waals surface area contributed by atoms with E-state index in [9.17, 15) is 4.39 Å². The molecule has 0 aromatic heterocycles. The number of anilines is 2. The molecule has 2 aromatic carbocycles. The van der Waals surface area contributed by atoms with Gasteiger partial charge >= 0.3 is 0 Å². The number of nitrogens with zero attached hydrogens (tertiary/aromatic N) is 1. The van der Waals surface area contributed by atoms with Crippen molar-refractivity contribution < 1.29 is 4.39 Å². The van der Waals surface area contributed by atoms with E-state index in [-0.39, 0.29) is 0 Å². The molecule has 0 aliphatic carbocycles. The zero-order valence-electron chi connectivity index (χ0n) is 8.74. The summed E-state index contributed by atoms with van der Waals surface area (Å²) < 4.78 is 14.1. The first-order valence-corrected chi connectivity index (χ1v) is 5.70. The standard InChI is InChI=1S/C13H8BrFN2/c14-12-3-1-2-4-13(12)17-11-6-9(8-16)5-10(15)7-11/h1-7,17H. The van der Waals surface area contributed by atoms with Crippen molar-refractivity contribution in [2.24, 2.45) is 0 Å². The smallest absolute Gasteiger partial charge is 0.126 e. The van der Waals surface area contributed by atoms with E-state index < -0.39 is 5.82 Å². The van der Waals surface area contributed by atoms with Crippen molar-refractivity contribution in [1.29, 1.82) is 5.26 Å². The average Bonchev–Trinajstić information content (AvgIpc) is 2.31. The number of rotatable bonds is 2. The minimum absolute atomic E-state index is 0.291. The first kappa shape index (κ1) is 11.6. The Balaban J connectivity index is 2.34. The van der Waals surface area contributed by atoms with Gasteiger partial charge < -0.3 is 5.32 Å². The Labute approximate surface area is 107 Å². The molecule has 0 saturated heterocycles. The molecule has 84 valence electrons. The van der Waals surface area contributed by atoms with E-state index in [0.29, 0.717) is 11.3 Å². The fraction of sp³-hybridized carbons (Fsp3) is 0. The van der Waals surface area contributed by atoms with Gasteiger partial charge in [-0.3, -0.25) is 0 Å². The molecule has 0 aliphatic rings. The monoisotopic (exact) mass is 290 g/mol. The van der Waals surface area contributed by atoms with E-state index in [1.807, 2.05) is 30.3 Å². The highest BCUT2D eigenvalue weighted by atomic mass is 79.9. The molecular formula is C13H8BrFN2. The van der Waals surface area contributed by atoms with Gasteiger partial charge in [0, 0.05) is 10.2 Å². The van der Waals surface area contributed by atoms with Crippen molar-refractivity contribution in [2.45, 2.75) is 0 Å². The third-order valence-corrected chi connectivity index (χ3v) is 2.87. The number of nitrogens with one attached hydrogen (secondary N) is 1. The van der Waals surface area contributed by atoms with Crippen LogP contribution in [0.5, 0.6) is 0 Å². The lowest BCUT2D eigenvalue weighted by molar-refractivity contribution is 0.628. The fourth-order valence-electron chi connectivity index (χ4n) is 1.44. The van der Waals surface area contributed by atoms with E-state index >= 15 is 0 Å². The summed E-state index contributed by atoms with van der Waals surface area (Å²) in [6.45, 7) is 0. The summed E-state index contributed by atoms with van der Waals surface area (Å²) in [4.78, 5) is 0. The lowest BCUT2D eigenvalue weighted by Crippen LogP contribution is -1.93. The van der Waals surface area contributed by atoms with Gasteiger partial charge in [0.2, 0.25) is 0 Å². The Kier molecular flexibility index (Phi) is 3.40. The van der Waals surface area contributed by atoms with Gasteiger partial charge in [-0.25, -0.2) is 4.39 Å². The van der Waals surface area contributed by atoms with Crippen LogP contribution in [0.4, 0.5) is 15.8 Å². The molecule has 0 bridgehead atoms. The number of hydrogen-bond donors (Lipinski definition) is 1. The molecule has 2 rings (SSSR count). The lowest BCUT2D eigenvalue weighted by Gasteiger charge is -2.08. The number of halogens is 2. The topological polar surface area (TPSA) is 35.8 Å². The molecule has 0 saturated carbocycles. The van der Waals surface area contributed by atoms with Crippen LogP contribution >= 0.6 is 15.9 Å². The van der Waals surface area contributed by atoms with Crippen LogP contribution in [0.1, 0.15) is 5.56 Å². The van der Waals surface area contributed by atoms with Gasteiger partial charge in [-0.15, -0.1) is 0 Å². The molecule has 0 atom stereocenters. The predicted molar refractivity (Wildman–Crippen MR) is 68.5 cm³/mol. The molecule has 2 aromatic rings. The van der Waals surface area contributed by atoms with E-state index in [4.69, 9.17) is 5.26 Å². The Morgan fingerprint density at radius 2 is 1.94 bits per heavy atom. The van der Waals surface area contributed by atoms with Gasteiger partial charge in [-0.1, -0.05) is 12.1 Å². The molecule has 0 radical (unpaired) electrons. The quantitative estimate of drug-likeness (QED) is 0.900. The average molecular weight is 291 g/mol. The summed E-state index contributed by atoms with van der Waals surface area (Å²) in [6.07, 6.45) is 0. The normalized spacial score (nSPS) is 9.71. The van der Waals surface area contributed by atoms with Crippen LogP contribution in [-0.4, -0.2) is 0 Å². The molecule has 0 fully saturated rings. The Morgan fingerprint density at radius 3 is 2.65 bits per heavy atom. The SMILES string of the molecule is N#Cc1cc(F)cc(Nc2ccccc2Br)c1. The molecule has 0 aliphatic heterocycles. The van der Waals surface area contributed by atoms with Crippen molar-refractivity contribution in [3.63, 3.8) is 0 Å². The summed E-state index contributed by atoms with van der Waals surface area (Å²) in [5, 5.41) is 11.8. The third-order valence-electron chi connectivity index (χ3n) is 2.18. The second-order valence-corrected chi connectivity index (χ2v) is 4.30. The minimum atomic E-state index is -0.432. The van der Waals surface area contributed by atoms with Gasteiger partial charge in [0.05, 0.1) is 17.3 Å². The fourth-order valence-corrected chi connectivity index (χ4v) is 1.83. The zero-order chi connectivity index (χ0) is 12.3. The Bertz CT molecular complexity index is 590. The van der Waals surface area contributed by atoms with Crippen molar-refractivity contribution in [3.8, 4) is 6.07 Å². The maximum Gasteiger partial charge on any atom is 0.126 e. The van der Waals surface area contributed by atoms with Crippen molar-refractivity contribution in [1.82, 2.24) is 0 Å². The van der Waals surface area contributed by atoms with Crippen LogP contribution < -0.4 is 5.32 Å². The van der Waals surface area contributed by atoms with Gasteiger partial charge in [-0.2, -0.15) is 5.26 Å². The van der Waals surface area contributed by atoms with Crippen LogP contribution in [0.2, 0.25) is 0 Å². The Hall–Kier alpha value is -1.86. The van der Waals surface area contributed by atoms with Gasteiger partial charge in [0.25, 0.3) is 0 Å². The van der Waals surface area contributed by atoms with Crippen LogP contribution in [0.15, 0.2) is 46.9 Å². The van der Waals surface area contributed by atoms with E-state index in [2.05, 4.69) is 21.2 Å². The molecule has 17 heavy (non-hydrogen) atoms. The lowest BCUT2D eigenvalue weighted by atomic mass is 10.2. The van der Waals surface area contributed by atoms with Crippen LogP contribution in [0.25, 0.3) is 0 Å². The van der Waals surface area contributed by atoms with E-state index in [1.165, 1.54) is 12.1 Å². The number of hydrogen-bond acceptors (Lipinski definition) is 2. The molecule has 2 nitrogen and oxygen atoms in total. The summed E-state index contributed by atoms with van der Waals surface area (Å²) in [5.74, 6) is -0.432. The maximum absolute atomic E-state index is 13.2. The second kappa shape index (κ2) is 4.98. The molecule has 0 spiro atoms. The highest BCUT2D eigenvalue weighted by molar-refractivity contribution is 9.10. The van der Waals surface area contributed by atoms with Crippen molar-refractivity contribution in [2.75, 3.05) is 5.32 Å². The van der Waals surface area contributed by atoms with E-state index in [1.54, 1.807) is 6.07 Å². The molecule has 1 N–H and O–H groups in total. The van der Waals surface area contributed by atoms with Crippen LogP contribution in [0.3, 0.4) is 0 Å². The van der Waals surface area contributed by atoms with Gasteiger partial charge in [0.15, 0.2) is 0 Å². The summed E-state index contributed by atoms with van der Waals surface area (Å²) in [5.41, 5.74) is 1.66. The molecule has 4 heteroatoms. The summed E-state index contributed by atoms with van der Waals surface area (Å²) >= 11 is 3.39. The first-order valence-electron chi connectivity index (χ1n) is 4.91. The minimum Gasteiger partial charge on any atom is -0.354 e. The van der Waals surface area contributed by atoms with Gasteiger partial charge in [-0.05, 0) is 46.3 Å². The Morgan fingerprint density at radius 1 is 1.18 bits per heavy atom. The third kappa shape index (κ3) is 2.83.